The van der Waals surface area contributed by atoms with Crippen molar-refractivity contribution in [3.8, 4) is 5.75 Å². The number of alkyl halides is 1. The van der Waals surface area contributed by atoms with Crippen molar-refractivity contribution in [3.63, 3.8) is 0 Å². The number of nitrogens with zero attached hydrogens (tertiary/aromatic N) is 1. The Hall–Kier alpha value is -1.13. The first kappa shape index (κ1) is 13.3. The Balaban J connectivity index is 2.02. The molecule has 2 nitrogen and oxygen atoms in total. The Labute approximate surface area is 118 Å². The summed E-state index contributed by atoms with van der Waals surface area (Å²) < 4.78 is 18.4. The third-order valence-corrected chi connectivity index (χ3v) is 3.27. The van der Waals surface area contributed by atoms with Crippen molar-refractivity contribution < 1.29 is 9.13 Å². The Bertz CT molecular complexity index is 533. The SMILES string of the molecule is Fc1ccc(COc2ccc(CBr)nc2)c(Cl)c1. The smallest absolute Gasteiger partial charge is 0.138 e. The van der Waals surface area contributed by atoms with Gasteiger partial charge in [0, 0.05) is 10.9 Å². The van der Waals surface area contributed by atoms with E-state index in [2.05, 4.69) is 20.9 Å². The molecule has 0 spiro atoms. The fraction of sp³-hybridized carbons (Fsp3) is 0.154. The topological polar surface area (TPSA) is 22.1 Å². The molecule has 0 radical (unpaired) electrons. The van der Waals surface area contributed by atoms with Gasteiger partial charge in [-0.1, -0.05) is 33.6 Å². The molecule has 0 aliphatic rings. The van der Waals surface area contributed by atoms with Crippen LogP contribution in [0.5, 0.6) is 5.75 Å². The number of rotatable bonds is 4. The Morgan fingerprint density at radius 3 is 2.72 bits per heavy atom. The molecule has 0 unspecified atom stereocenters. The van der Waals surface area contributed by atoms with E-state index < -0.39 is 0 Å². The maximum Gasteiger partial charge on any atom is 0.138 e. The molecule has 94 valence electrons. The van der Waals surface area contributed by atoms with Gasteiger partial charge in [-0.05, 0) is 24.3 Å². The van der Waals surface area contributed by atoms with Crippen molar-refractivity contribution in [2.45, 2.75) is 11.9 Å². The van der Waals surface area contributed by atoms with Crippen molar-refractivity contribution in [1.29, 1.82) is 0 Å². The van der Waals surface area contributed by atoms with E-state index in [0.29, 0.717) is 16.1 Å². The van der Waals surface area contributed by atoms with Gasteiger partial charge in [-0.15, -0.1) is 0 Å². The van der Waals surface area contributed by atoms with Gasteiger partial charge in [0.05, 0.1) is 16.9 Å². The summed E-state index contributed by atoms with van der Waals surface area (Å²) in [5.41, 5.74) is 1.67. The molecule has 0 aliphatic heterocycles. The van der Waals surface area contributed by atoms with E-state index in [0.717, 1.165) is 11.3 Å². The first-order valence-electron chi connectivity index (χ1n) is 5.26. The second kappa shape index (κ2) is 6.16. The molecule has 1 heterocycles. The molecule has 0 aliphatic carbocycles. The molecule has 2 rings (SSSR count). The van der Waals surface area contributed by atoms with Gasteiger partial charge in [0.2, 0.25) is 0 Å². The summed E-state index contributed by atoms with van der Waals surface area (Å²) in [5, 5.41) is 1.07. The highest BCUT2D eigenvalue weighted by molar-refractivity contribution is 9.08. The van der Waals surface area contributed by atoms with Crippen LogP contribution in [-0.2, 0) is 11.9 Å². The van der Waals surface area contributed by atoms with Gasteiger partial charge in [-0.3, -0.25) is 4.98 Å². The maximum absolute atomic E-state index is 12.9. The first-order chi connectivity index (χ1) is 8.69. The largest absolute Gasteiger partial charge is 0.487 e. The summed E-state index contributed by atoms with van der Waals surface area (Å²) in [6.07, 6.45) is 1.65. The third-order valence-electron chi connectivity index (χ3n) is 2.34. The third kappa shape index (κ3) is 3.43. The van der Waals surface area contributed by atoms with Crippen LogP contribution in [0.4, 0.5) is 4.39 Å². The molecule has 1 aromatic heterocycles. The highest BCUT2D eigenvalue weighted by Gasteiger charge is 2.03. The van der Waals surface area contributed by atoms with Crippen molar-refractivity contribution in [3.05, 3.63) is 58.6 Å². The highest BCUT2D eigenvalue weighted by atomic mass is 79.9. The molecule has 0 bridgehead atoms. The lowest BCUT2D eigenvalue weighted by Gasteiger charge is -2.07. The predicted molar refractivity (Wildman–Crippen MR) is 72.6 cm³/mol. The zero-order chi connectivity index (χ0) is 13.0. The summed E-state index contributed by atoms with van der Waals surface area (Å²) in [4.78, 5) is 4.18. The average Bonchev–Trinajstić information content (AvgIpc) is 2.38. The van der Waals surface area contributed by atoms with E-state index in [4.69, 9.17) is 16.3 Å². The molecule has 0 N–H and O–H groups in total. The zero-order valence-electron chi connectivity index (χ0n) is 9.37. The number of halogens is 3. The van der Waals surface area contributed by atoms with Crippen LogP contribution < -0.4 is 4.74 Å². The van der Waals surface area contributed by atoms with Gasteiger partial charge in [0.1, 0.15) is 18.2 Å². The van der Waals surface area contributed by atoms with Gasteiger partial charge >= 0.3 is 0 Å². The normalized spacial score (nSPS) is 10.4. The zero-order valence-corrected chi connectivity index (χ0v) is 11.7. The minimum Gasteiger partial charge on any atom is -0.487 e. The van der Waals surface area contributed by atoms with Gasteiger partial charge in [0.15, 0.2) is 0 Å². The monoisotopic (exact) mass is 329 g/mol. The average molecular weight is 331 g/mol. The lowest BCUT2D eigenvalue weighted by atomic mass is 10.2. The van der Waals surface area contributed by atoms with Crippen molar-refractivity contribution in [1.82, 2.24) is 4.98 Å². The number of hydrogen-bond acceptors (Lipinski definition) is 2. The molecule has 0 amide bonds. The maximum atomic E-state index is 12.9. The van der Waals surface area contributed by atoms with Crippen LogP contribution in [0.15, 0.2) is 36.5 Å². The van der Waals surface area contributed by atoms with Gasteiger partial charge in [0.25, 0.3) is 0 Å². The second-order valence-corrected chi connectivity index (χ2v) is 4.61. The summed E-state index contributed by atoms with van der Waals surface area (Å²) in [6, 6.07) is 7.94. The molecule has 0 fully saturated rings. The van der Waals surface area contributed by atoms with Gasteiger partial charge < -0.3 is 4.74 Å². The van der Waals surface area contributed by atoms with Crippen LogP contribution in [0.25, 0.3) is 0 Å². The summed E-state index contributed by atoms with van der Waals surface area (Å²) >= 11 is 9.22. The molecular weight excluding hydrogens is 321 g/mol. The standard InChI is InChI=1S/C13H10BrClFNO/c14-6-11-3-4-12(7-17-11)18-8-9-1-2-10(16)5-13(9)15/h1-5,7H,6,8H2. The van der Waals surface area contributed by atoms with Crippen LogP contribution in [0.1, 0.15) is 11.3 Å². The van der Waals surface area contributed by atoms with E-state index in [-0.39, 0.29) is 12.4 Å². The molecule has 1 aromatic carbocycles. The minimum absolute atomic E-state index is 0.286. The fourth-order valence-corrected chi connectivity index (χ4v) is 1.93. The van der Waals surface area contributed by atoms with Gasteiger partial charge in [-0.25, -0.2) is 4.39 Å². The van der Waals surface area contributed by atoms with Crippen LogP contribution in [0.3, 0.4) is 0 Å². The molecule has 18 heavy (non-hydrogen) atoms. The van der Waals surface area contributed by atoms with Crippen molar-refractivity contribution in [2.75, 3.05) is 0 Å². The molecule has 2 aromatic rings. The Morgan fingerprint density at radius 1 is 1.28 bits per heavy atom. The molecule has 0 atom stereocenters. The lowest BCUT2D eigenvalue weighted by Crippen LogP contribution is -1.97. The Kier molecular flexibility index (Phi) is 4.55. The summed E-state index contributed by atoms with van der Waals surface area (Å²) in [5.74, 6) is 0.298. The molecule has 0 saturated heterocycles. The van der Waals surface area contributed by atoms with Gasteiger partial charge in [-0.2, -0.15) is 0 Å². The second-order valence-electron chi connectivity index (χ2n) is 3.64. The molecular formula is C13H10BrClFNO. The number of hydrogen-bond donors (Lipinski definition) is 0. The van der Waals surface area contributed by atoms with Crippen LogP contribution in [0, 0.1) is 5.82 Å². The number of pyridine rings is 1. The first-order valence-corrected chi connectivity index (χ1v) is 6.76. The minimum atomic E-state index is -0.355. The predicted octanol–water partition coefficient (Wildman–Crippen LogP) is 4.35. The van der Waals surface area contributed by atoms with Crippen molar-refractivity contribution in [2.24, 2.45) is 0 Å². The van der Waals surface area contributed by atoms with E-state index in [1.165, 1.54) is 12.1 Å². The highest BCUT2D eigenvalue weighted by Crippen LogP contribution is 2.19. The molecule has 5 heteroatoms. The van der Waals surface area contributed by atoms with Crippen molar-refractivity contribution >= 4 is 27.5 Å². The van der Waals surface area contributed by atoms with Crippen LogP contribution in [-0.4, -0.2) is 4.98 Å². The van der Waals surface area contributed by atoms with E-state index in [9.17, 15) is 4.39 Å². The molecule has 0 saturated carbocycles. The quantitative estimate of drug-likeness (QED) is 0.778. The number of aromatic nitrogens is 1. The van der Waals surface area contributed by atoms with E-state index in [1.807, 2.05) is 12.1 Å². The Morgan fingerprint density at radius 2 is 2.11 bits per heavy atom. The fourth-order valence-electron chi connectivity index (χ4n) is 1.38. The van der Waals surface area contributed by atoms with E-state index >= 15 is 0 Å². The van der Waals surface area contributed by atoms with Crippen LogP contribution in [0.2, 0.25) is 5.02 Å². The van der Waals surface area contributed by atoms with E-state index in [1.54, 1.807) is 12.3 Å². The van der Waals surface area contributed by atoms with Crippen LogP contribution >= 0.6 is 27.5 Å². The lowest BCUT2D eigenvalue weighted by molar-refractivity contribution is 0.305. The number of ether oxygens (including phenoxy) is 1. The summed E-state index contributed by atoms with van der Waals surface area (Å²) in [7, 11) is 0. The number of benzene rings is 1. The summed E-state index contributed by atoms with van der Waals surface area (Å²) in [6.45, 7) is 0.286.